The number of hydrogen-bond acceptors (Lipinski definition) is 5. The van der Waals surface area contributed by atoms with E-state index in [0.29, 0.717) is 10.3 Å². The molecule has 0 saturated heterocycles. The number of rotatable bonds is 12. The molecule has 32 heavy (non-hydrogen) atoms. The van der Waals surface area contributed by atoms with Gasteiger partial charge >= 0.3 is 0 Å². The lowest BCUT2D eigenvalue weighted by molar-refractivity contribution is -0.117. The Morgan fingerprint density at radius 2 is 1.97 bits per heavy atom. The molecule has 0 aliphatic rings. The molecule has 0 spiro atoms. The van der Waals surface area contributed by atoms with Crippen molar-refractivity contribution in [2.45, 2.75) is 39.7 Å². The second-order valence-corrected chi connectivity index (χ2v) is 8.26. The molecule has 170 valence electrons. The van der Waals surface area contributed by atoms with Crippen LogP contribution in [0.2, 0.25) is 0 Å². The van der Waals surface area contributed by atoms with E-state index in [-0.39, 0.29) is 11.6 Å². The molecule has 0 radical (unpaired) electrons. The van der Waals surface area contributed by atoms with E-state index in [1.807, 2.05) is 30.3 Å². The number of carbonyl (C=O) groups is 1. The number of nitriles is 1. The number of amides is 1. The summed E-state index contributed by atoms with van der Waals surface area (Å²) < 4.78 is 0.651. The molecule has 1 amide bonds. The topological polar surface area (TPSA) is 81.0 Å². The van der Waals surface area contributed by atoms with E-state index in [4.69, 9.17) is 0 Å². The summed E-state index contributed by atoms with van der Waals surface area (Å²) >= 11 is 3.31. The maximum Gasteiger partial charge on any atom is 0.262 e. The minimum atomic E-state index is -0.396. The monoisotopic (exact) mass is 497 g/mol. The van der Waals surface area contributed by atoms with Gasteiger partial charge in [-0.1, -0.05) is 45.4 Å². The van der Waals surface area contributed by atoms with E-state index in [9.17, 15) is 10.1 Å². The van der Waals surface area contributed by atoms with Crippen molar-refractivity contribution in [3.8, 4) is 6.07 Å². The first kappa shape index (κ1) is 25.6. The number of benzene rings is 1. The largest absolute Gasteiger partial charge is 0.384 e. The smallest absolute Gasteiger partial charge is 0.262 e. The predicted molar refractivity (Wildman–Crippen MR) is 134 cm³/mol. The van der Waals surface area contributed by atoms with Crippen LogP contribution < -0.4 is 10.6 Å². The van der Waals surface area contributed by atoms with Gasteiger partial charge in [0.25, 0.3) is 5.91 Å². The van der Waals surface area contributed by atoms with Gasteiger partial charge in [0.05, 0.1) is 11.7 Å². The Kier molecular flexibility index (Phi) is 10.9. The van der Waals surface area contributed by atoms with Crippen molar-refractivity contribution < 1.29 is 4.79 Å². The SMILES string of the molecule is CCCC(NC(=O)/C(C#N)=C/c1cccc(Br)n1)c1cccc(NCCN(CC)CC)c1. The maximum absolute atomic E-state index is 12.9. The van der Waals surface area contributed by atoms with Crippen molar-refractivity contribution in [3.05, 3.63) is 63.9 Å². The standard InChI is InChI=1S/C25H32BrN5O/c1-4-9-23(19-10-7-11-21(16-19)28-14-15-31(5-2)6-3)30-25(32)20(18-27)17-22-12-8-13-24(26)29-22/h7-8,10-13,16-17,23,28H,4-6,9,14-15H2,1-3H3,(H,30,32)/b20-17+. The van der Waals surface area contributed by atoms with Crippen LogP contribution in [0.3, 0.4) is 0 Å². The number of nitrogens with zero attached hydrogens (tertiary/aromatic N) is 3. The number of anilines is 1. The minimum Gasteiger partial charge on any atom is -0.384 e. The molecule has 1 atom stereocenters. The molecule has 7 heteroatoms. The normalized spacial score (nSPS) is 12.3. The van der Waals surface area contributed by atoms with Crippen LogP contribution in [-0.2, 0) is 4.79 Å². The fraction of sp³-hybridized carbons (Fsp3) is 0.400. The van der Waals surface area contributed by atoms with Gasteiger partial charge in [0.15, 0.2) is 0 Å². The number of likely N-dealkylation sites (N-methyl/N-ethyl adjacent to an activating group) is 1. The average Bonchev–Trinajstić information content (AvgIpc) is 2.80. The van der Waals surface area contributed by atoms with E-state index in [1.54, 1.807) is 12.1 Å². The number of halogens is 1. The molecule has 0 fully saturated rings. The highest BCUT2D eigenvalue weighted by Crippen LogP contribution is 2.22. The lowest BCUT2D eigenvalue weighted by atomic mass is 10.0. The van der Waals surface area contributed by atoms with Gasteiger partial charge in [-0.3, -0.25) is 4.79 Å². The number of nitrogens with one attached hydrogen (secondary N) is 2. The molecule has 2 aromatic rings. The van der Waals surface area contributed by atoms with Crippen LogP contribution in [0.1, 0.15) is 50.9 Å². The number of pyridine rings is 1. The molecule has 0 saturated carbocycles. The Hall–Kier alpha value is -2.69. The zero-order valence-electron chi connectivity index (χ0n) is 19.1. The molecule has 1 unspecified atom stereocenters. The van der Waals surface area contributed by atoms with Crippen LogP contribution in [-0.4, -0.2) is 42.0 Å². The molecule has 1 aromatic carbocycles. The van der Waals surface area contributed by atoms with Gasteiger partial charge < -0.3 is 15.5 Å². The lowest BCUT2D eigenvalue weighted by Gasteiger charge is -2.21. The summed E-state index contributed by atoms with van der Waals surface area (Å²) in [6.07, 6.45) is 3.19. The second kappa shape index (κ2) is 13.7. The third kappa shape index (κ3) is 8.10. The van der Waals surface area contributed by atoms with Gasteiger partial charge in [-0.15, -0.1) is 0 Å². The first-order chi connectivity index (χ1) is 15.5. The van der Waals surface area contributed by atoms with Crippen LogP contribution in [0, 0.1) is 11.3 Å². The van der Waals surface area contributed by atoms with Crippen molar-refractivity contribution >= 4 is 33.6 Å². The quantitative estimate of drug-likeness (QED) is 0.240. The predicted octanol–water partition coefficient (Wildman–Crippen LogP) is 5.16. The molecule has 1 aromatic heterocycles. The zero-order chi connectivity index (χ0) is 23.3. The summed E-state index contributed by atoms with van der Waals surface area (Å²) in [5, 5.41) is 16.0. The van der Waals surface area contributed by atoms with Gasteiger partial charge in [-0.05, 0) is 71.3 Å². The molecule has 0 bridgehead atoms. The zero-order valence-corrected chi connectivity index (χ0v) is 20.7. The Bertz CT molecular complexity index is 949. The summed E-state index contributed by atoms with van der Waals surface area (Å²) in [5.41, 5.74) is 2.63. The van der Waals surface area contributed by atoms with Crippen LogP contribution >= 0.6 is 15.9 Å². The highest BCUT2D eigenvalue weighted by atomic mass is 79.9. The Morgan fingerprint density at radius 1 is 1.22 bits per heavy atom. The van der Waals surface area contributed by atoms with Crippen LogP contribution in [0.4, 0.5) is 5.69 Å². The summed E-state index contributed by atoms with van der Waals surface area (Å²) in [6.45, 7) is 10.3. The molecular formula is C25H32BrN5O. The summed E-state index contributed by atoms with van der Waals surface area (Å²) in [4.78, 5) is 19.5. The van der Waals surface area contributed by atoms with Gasteiger partial charge in [-0.25, -0.2) is 4.98 Å². The van der Waals surface area contributed by atoms with Crippen molar-refractivity contribution in [2.24, 2.45) is 0 Å². The number of carbonyl (C=O) groups excluding carboxylic acids is 1. The lowest BCUT2D eigenvalue weighted by Crippen LogP contribution is -2.30. The molecule has 0 aliphatic carbocycles. The second-order valence-electron chi connectivity index (χ2n) is 7.45. The third-order valence-corrected chi connectivity index (χ3v) is 5.66. The maximum atomic E-state index is 12.9. The van der Waals surface area contributed by atoms with E-state index in [2.05, 4.69) is 63.3 Å². The summed E-state index contributed by atoms with van der Waals surface area (Å²) in [7, 11) is 0. The van der Waals surface area contributed by atoms with Gasteiger partial charge in [-0.2, -0.15) is 5.26 Å². The summed E-state index contributed by atoms with van der Waals surface area (Å²) in [6, 6.07) is 15.3. The highest BCUT2D eigenvalue weighted by molar-refractivity contribution is 9.10. The van der Waals surface area contributed by atoms with Crippen molar-refractivity contribution in [1.29, 1.82) is 5.26 Å². The fourth-order valence-corrected chi connectivity index (χ4v) is 3.77. The molecule has 2 N–H and O–H groups in total. The third-order valence-electron chi connectivity index (χ3n) is 5.22. The van der Waals surface area contributed by atoms with Crippen molar-refractivity contribution in [2.75, 3.05) is 31.5 Å². The van der Waals surface area contributed by atoms with E-state index >= 15 is 0 Å². The first-order valence-electron chi connectivity index (χ1n) is 11.1. The average molecular weight is 498 g/mol. The van der Waals surface area contributed by atoms with Crippen LogP contribution in [0.15, 0.2) is 52.6 Å². The van der Waals surface area contributed by atoms with Crippen LogP contribution in [0.25, 0.3) is 6.08 Å². The molecule has 6 nitrogen and oxygen atoms in total. The van der Waals surface area contributed by atoms with Gasteiger partial charge in [0, 0.05) is 18.8 Å². The Morgan fingerprint density at radius 3 is 2.62 bits per heavy atom. The fourth-order valence-electron chi connectivity index (χ4n) is 3.41. The van der Waals surface area contributed by atoms with Crippen molar-refractivity contribution in [1.82, 2.24) is 15.2 Å². The van der Waals surface area contributed by atoms with E-state index < -0.39 is 5.91 Å². The Labute approximate surface area is 199 Å². The van der Waals surface area contributed by atoms with E-state index in [0.717, 1.165) is 50.3 Å². The molecule has 2 rings (SSSR count). The summed E-state index contributed by atoms with van der Waals surface area (Å²) in [5.74, 6) is -0.396. The van der Waals surface area contributed by atoms with Crippen molar-refractivity contribution in [3.63, 3.8) is 0 Å². The van der Waals surface area contributed by atoms with Crippen LogP contribution in [0.5, 0.6) is 0 Å². The molecule has 0 aliphatic heterocycles. The number of hydrogen-bond donors (Lipinski definition) is 2. The number of aromatic nitrogens is 1. The molecular weight excluding hydrogens is 466 g/mol. The van der Waals surface area contributed by atoms with Gasteiger partial charge in [0.2, 0.25) is 0 Å². The highest BCUT2D eigenvalue weighted by Gasteiger charge is 2.17. The molecule has 1 heterocycles. The van der Waals surface area contributed by atoms with Gasteiger partial charge in [0.1, 0.15) is 16.2 Å². The minimum absolute atomic E-state index is 0.0326. The Balaban J connectivity index is 2.12. The first-order valence-corrected chi connectivity index (χ1v) is 11.9. The van der Waals surface area contributed by atoms with E-state index in [1.165, 1.54) is 6.08 Å².